The second-order valence-electron chi connectivity index (χ2n) is 5.64. The first-order valence-electron chi connectivity index (χ1n) is 6.75. The van der Waals surface area contributed by atoms with Crippen LogP contribution in [-0.4, -0.2) is 44.8 Å². The van der Waals surface area contributed by atoms with Crippen LogP contribution in [0, 0.1) is 5.41 Å². The van der Waals surface area contributed by atoms with E-state index in [4.69, 9.17) is 5.11 Å². The van der Waals surface area contributed by atoms with Gasteiger partial charge in [0.25, 0.3) is 5.91 Å². The number of nitrogens with zero attached hydrogens (tertiary/aromatic N) is 3. The lowest BCUT2D eigenvalue weighted by molar-refractivity contribution is 0.0928. The molecule has 0 aliphatic heterocycles. The predicted molar refractivity (Wildman–Crippen MR) is 77.4 cm³/mol. The maximum absolute atomic E-state index is 12.2. The molecule has 0 aliphatic carbocycles. The number of carbonyl (C=O) groups excluding carboxylic acids is 1. The number of rotatable bonds is 6. The third-order valence-electron chi connectivity index (χ3n) is 3.24. The summed E-state index contributed by atoms with van der Waals surface area (Å²) in [5.74, 6) is 0.289. The van der Waals surface area contributed by atoms with Crippen LogP contribution in [0.4, 0.5) is 0 Å². The standard InChI is InChI=1S/C14H19N5O2/c1-14(2,6-7-20)9-15-13(21)11-5-3-4-10(8-11)12-16-18-19-17-12/h3-5,8,20H,6-7,9H2,1-2H3,(H,15,21)(H,16,17,18,19). The molecular formula is C14H19N5O2. The van der Waals surface area contributed by atoms with Crippen LogP contribution in [-0.2, 0) is 0 Å². The van der Waals surface area contributed by atoms with Crippen LogP contribution < -0.4 is 5.32 Å². The summed E-state index contributed by atoms with van der Waals surface area (Å²) < 4.78 is 0. The van der Waals surface area contributed by atoms with Crippen LogP contribution in [0.3, 0.4) is 0 Å². The summed E-state index contributed by atoms with van der Waals surface area (Å²) in [5, 5.41) is 25.5. The molecule has 0 bridgehead atoms. The van der Waals surface area contributed by atoms with Gasteiger partial charge >= 0.3 is 0 Å². The molecule has 1 aromatic carbocycles. The fourth-order valence-corrected chi connectivity index (χ4v) is 1.90. The van der Waals surface area contributed by atoms with E-state index in [1.165, 1.54) is 0 Å². The monoisotopic (exact) mass is 289 g/mol. The summed E-state index contributed by atoms with van der Waals surface area (Å²) in [6, 6.07) is 7.05. The van der Waals surface area contributed by atoms with Crippen molar-refractivity contribution in [3.63, 3.8) is 0 Å². The summed E-state index contributed by atoms with van der Waals surface area (Å²) in [5.41, 5.74) is 1.12. The first-order chi connectivity index (χ1) is 10.0. The highest BCUT2D eigenvalue weighted by atomic mass is 16.3. The Kier molecular flexibility index (Phi) is 4.64. The van der Waals surface area contributed by atoms with Crippen LogP contribution in [0.25, 0.3) is 11.4 Å². The number of hydrogen-bond acceptors (Lipinski definition) is 5. The molecule has 0 aliphatic rings. The number of aromatic nitrogens is 4. The molecule has 1 heterocycles. The maximum Gasteiger partial charge on any atom is 0.251 e. The molecule has 1 amide bonds. The number of nitrogens with one attached hydrogen (secondary N) is 2. The fraction of sp³-hybridized carbons (Fsp3) is 0.429. The molecule has 7 heteroatoms. The zero-order chi connectivity index (χ0) is 15.3. The Labute approximate surface area is 122 Å². The quantitative estimate of drug-likeness (QED) is 0.736. The minimum Gasteiger partial charge on any atom is -0.396 e. The van der Waals surface area contributed by atoms with Crippen molar-refractivity contribution >= 4 is 5.91 Å². The summed E-state index contributed by atoms with van der Waals surface area (Å²) in [6.07, 6.45) is 0.635. The van der Waals surface area contributed by atoms with Crippen LogP contribution in [0.5, 0.6) is 0 Å². The zero-order valence-electron chi connectivity index (χ0n) is 12.1. The number of H-pyrrole nitrogens is 1. The number of hydrogen-bond donors (Lipinski definition) is 3. The second-order valence-corrected chi connectivity index (χ2v) is 5.64. The molecule has 0 fully saturated rings. The van der Waals surface area contributed by atoms with Crippen molar-refractivity contribution in [2.45, 2.75) is 20.3 Å². The van der Waals surface area contributed by atoms with Crippen LogP contribution >= 0.6 is 0 Å². The molecule has 0 saturated heterocycles. The van der Waals surface area contributed by atoms with E-state index in [-0.39, 0.29) is 17.9 Å². The van der Waals surface area contributed by atoms with Crippen LogP contribution in [0.2, 0.25) is 0 Å². The van der Waals surface area contributed by atoms with Crippen molar-refractivity contribution in [1.82, 2.24) is 25.9 Å². The normalized spacial score (nSPS) is 11.4. The van der Waals surface area contributed by atoms with Gasteiger partial charge in [-0.3, -0.25) is 4.79 Å². The molecule has 2 rings (SSSR count). The third-order valence-corrected chi connectivity index (χ3v) is 3.24. The smallest absolute Gasteiger partial charge is 0.251 e. The molecule has 3 N–H and O–H groups in total. The number of aliphatic hydroxyl groups is 1. The number of benzene rings is 1. The fourth-order valence-electron chi connectivity index (χ4n) is 1.90. The van der Waals surface area contributed by atoms with Gasteiger partial charge in [-0.1, -0.05) is 26.0 Å². The number of tetrazole rings is 1. The Morgan fingerprint density at radius 3 is 2.90 bits per heavy atom. The van der Waals surface area contributed by atoms with Gasteiger partial charge in [0.15, 0.2) is 0 Å². The van der Waals surface area contributed by atoms with E-state index in [0.29, 0.717) is 24.4 Å². The third kappa shape index (κ3) is 4.09. The summed E-state index contributed by atoms with van der Waals surface area (Å²) in [4.78, 5) is 12.2. The number of amides is 1. The van der Waals surface area contributed by atoms with Crippen molar-refractivity contribution in [1.29, 1.82) is 0 Å². The highest BCUT2D eigenvalue weighted by Gasteiger charge is 2.18. The van der Waals surface area contributed by atoms with Gasteiger partial charge in [0.2, 0.25) is 5.82 Å². The van der Waals surface area contributed by atoms with Crippen molar-refractivity contribution < 1.29 is 9.90 Å². The second kappa shape index (κ2) is 6.45. The molecule has 0 atom stereocenters. The van der Waals surface area contributed by atoms with E-state index in [0.717, 1.165) is 5.56 Å². The largest absolute Gasteiger partial charge is 0.396 e. The lowest BCUT2D eigenvalue weighted by atomic mass is 9.89. The van der Waals surface area contributed by atoms with Crippen molar-refractivity contribution in [3.05, 3.63) is 29.8 Å². The van der Waals surface area contributed by atoms with Crippen molar-refractivity contribution in [2.24, 2.45) is 5.41 Å². The topological polar surface area (TPSA) is 104 Å². The van der Waals surface area contributed by atoms with Crippen LogP contribution in [0.15, 0.2) is 24.3 Å². The van der Waals surface area contributed by atoms with Gasteiger partial charge in [0.1, 0.15) is 0 Å². The lowest BCUT2D eigenvalue weighted by Crippen LogP contribution is -2.34. The van der Waals surface area contributed by atoms with E-state index in [2.05, 4.69) is 25.9 Å². The molecule has 1 aromatic heterocycles. The summed E-state index contributed by atoms with van der Waals surface area (Å²) in [6.45, 7) is 4.60. The van der Waals surface area contributed by atoms with Crippen molar-refractivity contribution in [2.75, 3.05) is 13.2 Å². The Morgan fingerprint density at radius 1 is 1.43 bits per heavy atom. The maximum atomic E-state index is 12.2. The van der Waals surface area contributed by atoms with Gasteiger partial charge in [0, 0.05) is 24.3 Å². The molecule has 21 heavy (non-hydrogen) atoms. The molecule has 0 saturated carbocycles. The molecule has 112 valence electrons. The van der Waals surface area contributed by atoms with E-state index < -0.39 is 0 Å². The van der Waals surface area contributed by atoms with Gasteiger partial charge in [0.05, 0.1) is 0 Å². The molecule has 0 spiro atoms. The first kappa shape index (κ1) is 15.1. The lowest BCUT2D eigenvalue weighted by Gasteiger charge is -2.23. The molecule has 7 nitrogen and oxygen atoms in total. The number of aromatic amines is 1. The average molecular weight is 289 g/mol. The Bertz CT molecular complexity index is 595. The van der Waals surface area contributed by atoms with Gasteiger partial charge in [-0.25, -0.2) is 0 Å². The van der Waals surface area contributed by atoms with Gasteiger partial charge in [-0.2, -0.15) is 5.21 Å². The van der Waals surface area contributed by atoms with E-state index in [1.807, 2.05) is 19.9 Å². The van der Waals surface area contributed by atoms with Gasteiger partial charge in [-0.05, 0) is 29.2 Å². The number of carbonyl (C=O) groups is 1. The highest BCUT2D eigenvalue weighted by molar-refractivity contribution is 5.95. The Morgan fingerprint density at radius 2 is 2.24 bits per heavy atom. The van der Waals surface area contributed by atoms with Crippen LogP contribution in [0.1, 0.15) is 30.6 Å². The first-order valence-corrected chi connectivity index (χ1v) is 6.75. The van der Waals surface area contributed by atoms with Crippen molar-refractivity contribution in [3.8, 4) is 11.4 Å². The summed E-state index contributed by atoms with van der Waals surface area (Å²) in [7, 11) is 0. The average Bonchev–Trinajstić information content (AvgIpc) is 2.99. The molecule has 0 unspecified atom stereocenters. The molecule has 0 radical (unpaired) electrons. The minimum atomic E-state index is -0.161. The summed E-state index contributed by atoms with van der Waals surface area (Å²) >= 11 is 0. The predicted octanol–water partition coefficient (Wildman–Crippen LogP) is 1.01. The number of aliphatic hydroxyl groups excluding tert-OH is 1. The molecule has 2 aromatic rings. The molecular weight excluding hydrogens is 270 g/mol. The minimum absolute atomic E-state index is 0.107. The SMILES string of the molecule is CC(C)(CCO)CNC(=O)c1cccc(-c2nn[nH]n2)c1. The highest BCUT2D eigenvalue weighted by Crippen LogP contribution is 2.19. The Balaban J connectivity index is 2.05. The van der Waals surface area contributed by atoms with E-state index in [9.17, 15) is 4.79 Å². The van der Waals surface area contributed by atoms with Gasteiger partial charge in [-0.15, -0.1) is 10.2 Å². The zero-order valence-corrected chi connectivity index (χ0v) is 12.1. The van der Waals surface area contributed by atoms with E-state index in [1.54, 1.807) is 18.2 Å². The Hall–Kier alpha value is -2.28. The van der Waals surface area contributed by atoms with Gasteiger partial charge < -0.3 is 10.4 Å². The van der Waals surface area contributed by atoms with E-state index >= 15 is 0 Å².